The van der Waals surface area contributed by atoms with Crippen molar-refractivity contribution >= 4 is 34.0 Å². The number of rotatable bonds is 4. The van der Waals surface area contributed by atoms with Gasteiger partial charge in [0, 0.05) is 11.9 Å². The maximum Gasteiger partial charge on any atom is 0.363 e. The maximum atomic E-state index is 12.1. The number of carbonyl (C=O) groups is 1. The van der Waals surface area contributed by atoms with Gasteiger partial charge >= 0.3 is 10.3 Å². The number of thioether (sulfide) groups is 1. The Kier molecular flexibility index (Phi) is 3.96. The van der Waals surface area contributed by atoms with Crippen LogP contribution in [0.15, 0.2) is 47.0 Å². The Labute approximate surface area is 136 Å². The number of hydrogen-bond donors (Lipinski definition) is 1. The number of nitrogens with zero attached hydrogens (tertiary/aromatic N) is 4. The first-order valence-electron chi connectivity index (χ1n) is 6.47. The van der Waals surface area contributed by atoms with Gasteiger partial charge in [-0.05, 0) is 18.2 Å². The highest BCUT2D eigenvalue weighted by Crippen LogP contribution is 2.41. The zero-order valence-electron chi connectivity index (χ0n) is 11.9. The third-order valence-corrected chi connectivity index (χ3v) is 5.33. The summed E-state index contributed by atoms with van der Waals surface area (Å²) in [5.74, 6) is -0.772. The first-order valence-corrected chi connectivity index (χ1v) is 8.75. The van der Waals surface area contributed by atoms with Crippen molar-refractivity contribution in [1.29, 1.82) is 0 Å². The van der Waals surface area contributed by atoms with E-state index in [1.807, 2.05) is 6.07 Å². The minimum absolute atomic E-state index is 0.233. The lowest BCUT2D eigenvalue weighted by Gasteiger charge is -2.38. The molecule has 1 aliphatic rings. The summed E-state index contributed by atoms with van der Waals surface area (Å²) in [7, 11) is -2.94. The summed E-state index contributed by atoms with van der Waals surface area (Å²) < 4.78 is 34.0. The Balaban J connectivity index is 1.95. The molecule has 10 heteroatoms. The molecule has 120 valence electrons. The first kappa shape index (κ1) is 15.7. The molecule has 8 nitrogen and oxygen atoms in total. The largest absolute Gasteiger partial charge is 0.363 e. The minimum Gasteiger partial charge on any atom is -0.269 e. The van der Waals surface area contributed by atoms with Gasteiger partial charge in [0.15, 0.2) is 0 Å². The molecule has 1 N–H and O–H groups in total. The fourth-order valence-corrected chi connectivity index (χ4v) is 4.27. The fourth-order valence-electron chi connectivity index (χ4n) is 2.09. The van der Waals surface area contributed by atoms with E-state index in [1.54, 1.807) is 37.5 Å². The average Bonchev–Trinajstić information content (AvgIpc) is 2.89. The molecule has 1 unspecified atom stereocenters. The second-order valence-electron chi connectivity index (χ2n) is 4.78. The summed E-state index contributed by atoms with van der Waals surface area (Å²) in [6.45, 7) is 0. The normalized spacial score (nSPS) is 19.9. The Morgan fingerprint density at radius 2 is 2.00 bits per heavy atom. The van der Waals surface area contributed by atoms with Gasteiger partial charge in [0.1, 0.15) is 11.1 Å². The van der Waals surface area contributed by atoms with Gasteiger partial charge in [0.05, 0.1) is 11.8 Å². The Bertz CT molecular complexity index is 876. The smallest absolute Gasteiger partial charge is 0.269 e. The van der Waals surface area contributed by atoms with Crippen molar-refractivity contribution in [3.05, 3.63) is 47.8 Å². The fraction of sp³-hybridized carbons (Fsp3) is 0.154. The van der Waals surface area contributed by atoms with Gasteiger partial charge in [0.25, 0.3) is 5.91 Å². The quantitative estimate of drug-likeness (QED) is 0.496. The molecule has 2 heterocycles. The van der Waals surface area contributed by atoms with Crippen molar-refractivity contribution in [2.75, 3.05) is 0 Å². The van der Waals surface area contributed by atoms with Gasteiger partial charge in [-0.2, -0.15) is 12.7 Å². The molecule has 3 rings (SSSR count). The summed E-state index contributed by atoms with van der Waals surface area (Å²) in [5, 5.41) is 6.75. The molecule has 0 bridgehead atoms. The summed E-state index contributed by atoms with van der Waals surface area (Å²) >= 11 is 1.15. The molecule has 1 aliphatic heterocycles. The standard InChI is InChI=1S/C13H12N4O4S2/c1-16-8-9(14-15-16)7-11-12(18)17(23(19,20)21)13(11)22-10-5-3-2-4-6-10/h2-8,13H,1H3,(H,19,20,21)/b11-7-. The molecule has 2 aromatic rings. The Morgan fingerprint density at radius 3 is 2.57 bits per heavy atom. The number of β-lactam (4-membered cyclic amide) rings is 1. The van der Waals surface area contributed by atoms with E-state index in [0.29, 0.717) is 10.00 Å². The van der Waals surface area contributed by atoms with Crippen LogP contribution in [-0.4, -0.2) is 43.6 Å². The van der Waals surface area contributed by atoms with E-state index >= 15 is 0 Å². The number of aromatic nitrogens is 3. The molecule has 1 fully saturated rings. The molecule has 1 aromatic carbocycles. The van der Waals surface area contributed by atoms with Crippen LogP contribution in [0, 0.1) is 0 Å². The number of hydrogen-bond acceptors (Lipinski definition) is 6. The van der Waals surface area contributed by atoms with E-state index in [1.165, 1.54) is 10.8 Å². The van der Waals surface area contributed by atoms with Crippen LogP contribution in [0.3, 0.4) is 0 Å². The highest BCUT2D eigenvalue weighted by atomic mass is 32.2. The number of benzene rings is 1. The molecule has 0 spiro atoms. The van der Waals surface area contributed by atoms with Gasteiger partial charge in [-0.1, -0.05) is 35.2 Å². The molecule has 1 atom stereocenters. The molecule has 1 saturated heterocycles. The third kappa shape index (κ3) is 3.14. The second kappa shape index (κ2) is 5.80. The summed E-state index contributed by atoms with van der Waals surface area (Å²) in [6.07, 6.45) is 3.07. The van der Waals surface area contributed by atoms with E-state index in [9.17, 15) is 17.8 Å². The monoisotopic (exact) mass is 352 g/mol. The van der Waals surface area contributed by atoms with Crippen LogP contribution in [0.1, 0.15) is 5.69 Å². The predicted molar refractivity (Wildman–Crippen MR) is 83.5 cm³/mol. The average molecular weight is 352 g/mol. The van der Waals surface area contributed by atoms with E-state index in [0.717, 1.165) is 16.7 Å². The third-order valence-electron chi connectivity index (χ3n) is 3.09. The van der Waals surface area contributed by atoms with Gasteiger partial charge in [0.2, 0.25) is 0 Å². The number of carbonyl (C=O) groups excluding carboxylic acids is 1. The van der Waals surface area contributed by atoms with E-state index in [-0.39, 0.29) is 5.57 Å². The van der Waals surface area contributed by atoms with Crippen LogP contribution in [0.25, 0.3) is 6.08 Å². The second-order valence-corrected chi connectivity index (χ2v) is 7.22. The summed E-state index contributed by atoms with van der Waals surface area (Å²) in [6, 6.07) is 9.00. The van der Waals surface area contributed by atoms with Crippen molar-refractivity contribution in [1.82, 2.24) is 19.3 Å². The van der Waals surface area contributed by atoms with Crippen molar-refractivity contribution in [3.63, 3.8) is 0 Å². The van der Waals surface area contributed by atoms with Gasteiger partial charge in [-0.15, -0.1) is 5.10 Å². The topological polar surface area (TPSA) is 105 Å². The Hall–Kier alpha value is -2.17. The van der Waals surface area contributed by atoms with Crippen LogP contribution in [0.5, 0.6) is 0 Å². The van der Waals surface area contributed by atoms with Crippen LogP contribution in [-0.2, 0) is 22.1 Å². The molecular formula is C13H12N4O4S2. The van der Waals surface area contributed by atoms with Crippen LogP contribution in [0.4, 0.5) is 0 Å². The molecule has 23 heavy (non-hydrogen) atoms. The molecule has 1 aromatic heterocycles. The molecular weight excluding hydrogens is 340 g/mol. The Morgan fingerprint density at radius 1 is 1.30 bits per heavy atom. The summed E-state index contributed by atoms with van der Waals surface area (Å²) in [5.41, 5.74) is 0.668. The molecule has 0 radical (unpaired) electrons. The van der Waals surface area contributed by atoms with Gasteiger partial charge in [-0.25, -0.2) is 0 Å². The lowest BCUT2D eigenvalue weighted by Crippen LogP contribution is -2.55. The lowest BCUT2D eigenvalue weighted by atomic mass is 10.1. The predicted octanol–water partition coefficient (Wildman–Crippen LogP) is 0.962. The maximum absolute atomic E-state index is 12.1. The van der Waals surface area contributed by atoms with Gasteiger partial charge in [-0.3, -0.25) is 14.0 Å². The van der Waals surface area contributed by atoms with Crippen LogP contribution >= 0.6 is 11.8 Å². The molecule has 1 amide bonds. The van der Waals surface area contributed by atoms with E-state index in [2.05, 4.69) is 10.3 Å². The van der Waals surface area contributed by atoms with Crippen LogP contribution < -0.4 is 0 Å². The molecule has 0 aliphatic carbocycles. The van der Waals surface area contributed by atoms with Gasteiger partial charge < -0.3 is 0 Å². The first-order chi connectivity index (χ1) is 10.9. The highest BCUT2D eigenvalue weighted by molar-refractivity contribution is 8.01. The zero-order valence-corrected chi connectivity index (χ0v) is 13.5. The minimum atomic E-state index is -4.62. The summed E-state index contributed by atoms with van der Waals surface area (Å²) in [4.78, 5) is 12.8. The zero-order chi connectivity index (χ0) is 16.6. The van der Waals surface area contributed by atoms with Crippen molar-refractivity contribution < 1.29 is 17.8 Å². The highest BCUT2D eigenvalue weighted by Gasteiger charge is 2.49. The number of amides is 1. The SMILES string of the molecule is Cn1cc(/C=C2/C(=O)N(S(=O)(=O)O)C2Sc2ccccc2)nn1. The lowest BCUT2D eigenvalue weighted by molar-refractivity contribution is -0.128. The number of aryl methyl sites for hydroxylation is 1. The molecule has 0 saturated carbocycles. The van der Waals surface area contributed by atoms with E-state index in [4.69, 9.17) is 0 Å². The van der Waals surface area contributed by atoms with E-state index < -0.39 is 21.6 Å². The van der Waals surface area contributed by atoms with Crippen molar-refractivity contribution in [3.8, 4) is 0 Å². The van der Waals surface area contributed by atoms with Crippen molar-refractivity contribution in [2.24, 2.45) is 7.05 Å². The van der Waals surface area contributed by atoms with Crippen molar-refractivity contribution in [2.45, 2.75) is 10.3 Å². The van der Waals surface area contributed by atoms with Crippen LogP contribution in [0.2, 0.25) is 0 Å².